The quantitative estimate of drug-likeness (QED) is 0.659. The number of carbonyl (C=O) groups is 2. The van der Waals surface area contributed by atoms with Gasteiger partial charge in [0.25, 0.3) is 0 Å². The lowest BCUT2D eigenvalue weighted by atomic mass is 10.0. The molecule has 0 saturated heterocycles. The van der Waals surface area contributed by atoms with Crippen molar-refractivity contribution in [2.45, 2.75) is 33.1 Å². The van der Waals surface area contributed by atoms with Crippen LogP contribution in [0.15, 0.2) is 0 Å². The summed E-state index contributed by atoms with van der Waals surface area (Å²) in [6.45, 7) is 3.17. The Morgan fingerprint density at radius 1 is 1.45 bits per heavy atom. The molecule has 0 spiro atoms. The number of ketones is 1. The van der Waals surface area contributed by atoms with Gasteiger partial charge >= 0.3 is 5.97 Å². The molecule has 0 unspecified atom stereocenters. The summed E-state index contributed by atoms with van der Waals surface area (Å²) in [6, 6.07) is 0. The molecule has 0 rings (SSSR count). The molecule has 1 atom stereocenters. The Morgan fingerprint density at radius 2 is 2.00 bits per heavy atom. The maximum Gasteiger partial charge on any atom is 0.306 e. The number of rotatable bonds is 5. The first-order valence-electron chi connectivity index (χ1n) is 3.76. The molecule has 0 aromatic heterocycles. The van der Waals surface area contributed by atoms with Crippen LogP contribution >= 0.6 is 0 Å². The van der Waals surface area contributed by atoms with Gasteiger partial charge < -0.3 is 9.90 Å². The van der Waals surface area contributed by atoms with Crippen molar-refractivity contribution < 1.29 is 14.7 Å². The van der Waals surface area contributed by atoms with E-state index in [9.17, 15) is 9.59 Å². The highest BCUT2D eigenvalue weighted by Crippen LogP contribution is 2.07. The summed E-state index contributed by atoms with van der Waals surface area (Å²) in [7, 11) is 0. The Kier molecular flexibility index (Phi) is 4.50. The van der Waals surface area contributed by atoms with Crippen molar-refractivity contribution >= 4 is 11.8 Å². The molecule has 3 nitrogen and oxygen atoms in total. The fourth-order valence-corrected chi connectivity index (χ4v) is 0.781. The number of carbonyl (C=O) groups excluding carboxylic acids is 1. The molecule has 0 bridgehead atoms. The van der Waals surface area contributed by atoms with E-state index in [1.165, 1.54) is 6.92 Å². The van der Waals surface area contributed by atoms with Crippen molar-refractivity contribution in [2.75, 3.05) is 0 Å². The molecule has 0 aliphatic carbocycles. The first kappa shape index (κ1) is 10.1. The molecule has 0 aliphatic heterocycles. The zero-order valence-corrected chi connectivity index (χ0v) is 6.96. The molecule has 0 saturated carbocycles. The summed E-state index contributed by atoms with van der Waals surface area (Å²) in [5.74, 6) is -0.981. The molecule has 0 aromatic carbocycles. The summed E-state index contributed by atoms with van der Waals surface area (Å²) in [4.78, 5) is 20.7. The van der Waals surface area contributed by atoms with Gasteiger partial charge in [-0.1, -0.05) is 6.92 Å². The van der Waals surface area contributed by atoms with Gasteiger partial charge in [0.2, 0.25) is 0 Å². The highest BCUT2D eigenvalue weighted by Gasteiger charge is 2.09. The highest BCUT2D eigenvalue weighted by molar-refractivity contribution is 5.75. The maximum atomic E-state index is 10.4. The van der Waals surface area contributed by atoms with Gasteiger partial charge in [-0.3, -0.25) is 4.79 Å². The summed E-state index contributed by atoms with van der Waals surface area (Å²) in [5.41, 5.74) is 0. The predicted octanol–water partition coefficient (Wildman–Crippen LogP) is 1.47. The van der Waals surface area contributed by atoms with E-state index in [0.29, 0.717) is 19.3 Å². The van der Waals surface area contributed by atoms with Gasteiger partial charge in [0.15, 0.2) is 0 Å². The van der Waals surface area contributed by atoms with Gasteiger partial charge in [-0.05, 0) is 19.8 Å². The number of hydrogen-bond donors (Lipinski definition) is 1. The van der Waals surface area contributed by atoms with Crippen LogP contribution in [0.1, 0.15) is 33.1 Å². The molecule has 0 heterocycles. The molecule has 0 fully saturated rings. The third-order valence-corrected chi connectivity index (χ3v) is 1.59. The molecule has 64 valence electrons. The Bertz CT molecular complexity index is 151. The van der Waals surface area contributed by atoms with Crippen LogP contribution < -0.4 is 0 Å². The van der Waals surface area contributed by atoms with E-state index in [1.54, 1.807) is 6.92 Å². The second-order valence-electron chi connectivity index (χ2n) is 2.83. The van der Waals surface area contributed by atoms with Crippen molar-refractivity contribution in [1.29, 1.82) is 0 Å². The van der Waals surface area contributed by atoms with Crippen molar-refractivity contribution in [3.05, 3.63) is 0 Å². The number of hydrogen-bond acceptors (Lipinski definition) is 2. The standard InChI is InChI=1S/C8H14O3/c1-6(8(10)11)4-3-5-7(2)9/h6H,3-5H2,1-2H3,(H,10,11)/t6-/m1/s1. The monoisotopic (exact) mass is 158 g/mol. The number of Topliss-reactive ketones (excluding diaryl/α,β-unsaturated/α-hetero) is 1. The van der Waals surface area contributed by atoms with Crippen LogP contribution in [0.4, 0.5) is 0 Å². The summed E-state index contributed by atoms with van der Waals surface area (Å²) < 4.78 is 0. The normalized spacial score (nSPS) is 12.5. The SMILES string of the molecule is CC(=O)CCC[C@@H](C)C(=O)O. The second-order valence-corrected chi connectivity index (χ2v) is 2.83. The van der Waals surface area contributed by atoms with Crippen molar-refractivity contribution in [2.24, 2.45) is 5.92 Å². The minimum Gasteiger partial charge on any atom is -0.481 e. The van der Waals surface area contributed by atoms with E-state index in [4.69, 9.17) is 5.11 Å². The van der Waals surface area contributed by atoms with Gasteiger partial charge in [0.1, 0.15) is 5.78 Å². The van der Waals surface area contributed by atoms with E-state index < -0.39 is 5.97 Å². The first-order valence-corrected chi connectivity index (χ1v) is 3.76. The molecule has 0 aromatic rings. The zero-order valence-electron chi connectivity index (χ0n) is 6.96. The molecule has 1 N–H and O–H groups in total. The van der Waals surface area contributed by atoms with E-state index in [0.717, 1.165) is 0 Å². The number of carboxylic acids is 1. The Balaban J connectivity index is 3.39. The van der Waals surface area contributed by atoms with Gasteiger partial charge in [-0.2, -0.15) is 0 Å². The molecular formula is C8H14O3. The Labute approximate surface area is 66.4 Å². The average molecular weight is 158 g/mol. The van der Waals surface area contributed by atoms with E-state index in [2.05, 4.69) is 0 Å². The zero-order chi connectivity index (χ0) is 8.85. The predicted molar refractivity (Wildman–Crippen MR) is 41.3 cm³/mol. The molecule has 0 aliphatic rings. The largest absolute Gasteiger partial charge is 0.481 e. The van der Waals surface area contributed by atoms with Crippen molar-refractivity contribution in [3.8, 4) is 0 Å². The second kappa shape index (κ2) is 4.88. The van der Waals surface area contributed by atoms with E-state index in [-0.39, 0.29) is 11.7 Å². The minimum atomic E-state index is -0.784. The Morgan fingerprint density at radius 3 is 2.36 bits per heavy atom. The Hall–Kier alpha value is -0.860. The third kappa shape index (κ3) is 5.58. The van der Waals surface area contributed by atoms with Crippen LogP contribution in [0, 0.1) is 5.92 Å². The summed E-state index contributed by atoms with van der Waals surface area (Å²) >= 11 is 0. The topological polar surface area (TPSA) is 54.4 Å². The van der Waals surface area contributed by atoms with Crippen LogP contribution in [0.5, 0.6) is 0 Å². The molecule has 11 heavy (non-hydrogen) atoms. The average Bonchev–Trinajstić information content (AvgIpc) is 1.86. The lowest BCUT2D eigenvalue weighted by molar-refractivity contribution is -0.141. The van der Waals surface area contributed by atoms with E-state index in [1.807, 2.05) is 0 Å². The fourth-order valence-electron chi connectivity index (χ4n) is 0.781. The van der Waals surface area contributed by atoms with Crippen LogP contribution in [-0.2, 0) is 9.59 Å². The number of aliphatic carboxylic acids is 1. The smallest absolute Gasteiger partial charge is 0.306 e. The fraction of sp³-hybridized carbons (Fsp3) is 0.750. The molecular weight excluding hydrogens is 144 g/mol. The van der Waals surface area contributed by atoms with Crippen LogP contribution in [-0.4, -0.2) is 16.9 Å². The van der Waals surface area contributed by atoms with Crippen LogP contribution in [0.25, 0.3) is 0 Å². The number of carboxylic acid groups (broad SMARTS) is 1. The third-order valence-electron chi connectivity index (χ3n) is 1.59. The maximum absolute atomic E-state index is 10.4. The summed E-state index contributed by atoms with van der Waals surface area (Å²) in [6.07, 6.45) is 1.77. The van der Waals surface area contributed by atoms with Crippen LogP contribution in [0.2, 0.25) is 0 Å². The first-order chi connectivity index (χ1) is 5.04. The molecule has 0 radical (unpaired) electrons. The van der Waals surface area contributed by atoms with Gasteiger partial charge in [-0.15, -0.1) is 0 Å². The van der Waals surface area contributed by atoms with Gasteiger partial charge in [0.05, 0.1) is 5.92 Å². The lowest BCUT2D eigenvalue weighted by Crippen LogP contribution is -2.09. The van der Waals surface area contributed by atoms with E-state index >= 15 is 0 Å². The van der Waals surface area contributed by atoms with Crippen molar-refractivity contribution in [1.82, 2.24) is 0 Å². The highest BCUT2D eigenvalue weighted by atomic mass is 16.4. The lowest BCUT2D eigenvalue weighted by Gasteiger charge is -2.03. The molecule has 0 amide bonds. The van der Waals surface area contributed by atoms with Crippen molar-refractivity contribution in [3.63, 3.8) is 0 Å². The van der Waals surface area contributed by atoms with Crippen LogP contribution in [0.3, 0.4) is 0 Å². The van der Waals surface area contributed by atoms with Gasteiger partial charge in [0, 0.05) is 6.42 Å². The van der Waals surface area contributed by atoms with Gasteiger partial charge in [-0.25, -0.2) is 0 Å². The molecule has 3 heteroatoms. The minimum absolute atomic E-state index is 0.127. The summed E-state index contributed by atoms with van der Waals surface area (Å²) in [5, 5.41) is 8.46.